The number of halogens is 6. The van der Waals surface area contributed by atoms with E-state index in [4.69, 9.17) is 11.0 Å². The van der Waals surface area contributed by atoms with Gasteiger partial charge in [-0.25, -0.2) is 9.98 Å². The Morgan fingerprint density at radius 3 is 2.40 bits per heavy atom. The maximum Gasteiger partial charge on any atom is 0.390 e. The number of aryl methyl sites for hydroxylation is 1. The first kappa shape index (κ1) is 33.7. The molecule has 0 saturated carbocycles. The lowest BCUT2D eigenvalue weighted by Gasteiger charge is -2.34. The topological polar surface area (TPSA) is 109 Å². The molecule has 0 fully saturated rings. The maximum atomic E-state index is 13.0. The molecule has 0 bridgehead atoms. The molecule has 1 amide bonds. The Bertz CT molecular complexity index is 1550. The van der Waals surface area contributed by atoms with Gasteiger partial charge in [0.25, 0.3) is 5.91 Å². The van der Waals surface area contributed by atoms with Crippen molar-refractivity contribution in [2.45, 2.75) is 57.0 Å². The lowest BCUT2D eigenvalue weighted by molar-refractivity contribution is -0.468. The Morgan fingerprint density at radius 2 is 1.78 bits per heavy atom. The van der Waals surface area contributed by atoms with Crippen molar-refractivity contribution in [2.24, 2.45) is 5.73 Å². The summed E-state index contributed by atoms with van der Waals surface area (Å²) in [7, 11) is 0. The quantitative estimate of drug-likeness (QED) is 0.201. The van der Waals surface area contributed by atoms with Crippen molar-refractivity contribution in [3.63, 3.8) is 0 Å². The van der Waals surface area contributed by atoms with Gasteiger partial charge in [-0.2, -0.15) is 31.6 Å². The predicted molar refractivity (Wildman–Crippen MR) is 159 cm³/mol. The number of anilines is 1. The number of allylic oxidation sites excluding steroid dienone is 1. The van der Waals surface area contributed by atoms with Crippen LogP contribution in [0.3, 0.4) is 0 Å². The molecule has 1 aliphatic rings. The number of nitrogens with two attached hydrogens (primary N) is 1. The number of aromatic nitrogens is 1. The molecule has 0 unspecified atom stereocenters. The largest absolute Gasteiger partial charge is 0.404 e. The van der Waals surface area contributed by atoms with E-state index in [-0.39, 0.29) is 6.42 Å². The number of benzene rings is 2. The summed E-state index contributed by atoms with van der Waals surface area (Å²) in [4.78, 5) is 22.7. The molecular weight excluding hydrogens is 618 g/mol. The number of nitrogens with one attached hydrogen (secondary N) is 2. The molecule has 4 N–H and O–H groups in total. The molecule has 3 aromatic rings. The van der Waals surface area contributed by atoms with Gasteiger partial charge in [0.1, 0.15) is 0 Å². The van der Waals surface area contributed by atoms with Gasteiger partial charge in [0.2, 0.25) is 0 Å². The molecule has 45 heavy (non-hydrogen) atoms. The van der Waals surface area contributed by atoms with Crippen molar-refractivity contribution in [1.29, 1.82) is 5.26 Å². The lowest BCUT2D eigenvalue weighted by atomic mass is 9.96. The van der Waals surface area contributed by atoms with Gasteiger partial charge < -0.3 is 5.73 Å². The van der Waals surface area contributed by atoms with Crippen LogP contribution in [0.1, 0.15) is 56.9 Å². The number of carbonyl (C=O) groups excluding carboxylic acids is 1. The van der Waals surface area contributed by atoms with E-state index in [0.29, 0.717) is 46.9 Å². The van der Waals surface area contributed by atoms with Gasteiger partial charge in [-0.05, 0) is 49.1 Å². The molecule has 0 radical (unpaired) electrons. The van der Waals surface area contributed by atoms with E-state index < -0.39 is 50.2 Å². The van der Waals surface area contributed by atoms with Gasteiger partial charge in [-0.15, -0.1) is 11.3 Å². The minimum atomic E-state index is -4.47. The van der Waals surface area contributed by atoms with Gasteiger partial charge in [0.05, 0.1) is 35.7 Å². The third-order valence-corrected chi connectivity index (χ3v) is 8.33. The fourth-order valence-corrected chi connectivity index (χ4v) is 6.05. The smallest absolute Gasteiger partial charge is 0.390 e. The van der Waals surface area contributed by atoms with E-state index in [9.17, 15) is 31.1 Å². The summed E-state index contributed by atoms with van der Waals surface area (Å²) in [5.41, 5.74) is 9.73. The van der Waals surface area contributed by atoms with Crippen LogP contribution in [-0.2, 0) is 19.4 Å². The van der Waals surface area contributed by atoms with Crippen LogP contribution in [0.25, 0.3) is 5.57 Å². The number of amides is 1. The highest BCUT2D eigenvalue weighted by Crippen LogP contribution is 2.33. The van der Waals surface area contributed by atoms with Crippen LogP contribution >= 0.6 is 11.3 Å². The van der Waals surface area contributed by atoms with Crippen LogP contribution in [0.4, 0.5) is 31.5 Å². The third kappa shape index (κ3) is 10.2. The minimum Gasteiger partial charge on any atom is -0.404 e. The fraction of sp³-hybridized carbons (Fsp3) is 0.355. The molecule has 7 nitrogen and oxygen atoms in total. The third-order valence-electron chi connectivity index (χ3n) is 7.30. The molecular formula is C31H31F6N6OS+. The van der Waals surface area contributed by atoms with Crippen molar-refractivity contribution in [1.82, 2.24) is 9.88 Å². The van der Waals surface area contributed by atoms with Crippen molar-refractivity contribution < 1.29 is 36.1 Å². The summed E-state index contributed by atoms with van der Waals surface area (Å²) in [6.07, 6.45) is -7.12. The van der Waals surface area contributed by atoms with E-state index in [1.807, 2.05) is 6.07 Å². The number of fused-ring (bicyclic) bond motifs is 1. The molecule has 1 aromatic heterocycles. The number of nitrogens with zero attached hydrogens (tertiary/aromatic N) is 3. The van der Waals surface area contributed by atoms with Crippen LogP contribution < -0.4 is 16.0 Å². The SMILES string of the molecule is N#Cc1ccc(C(C=[NH+]Cc2cccc(C(=O)Nc3nc4c(s3)C[C@@H](N(CCC(F)(F)F)CCC(F)(F)F)CC4)c2)=CN)cc1. The number of thiazole rings is 1. The Balaban J connectivity index is 1.37. The van der Waals surface area contributed by atoms with E-state index in [0.717, 1.165) is 16.0 Å². The highest BCUT2D eigenvalue weighted by molar-refractivity contribution is 7.15. The average Bonchev–Trinajstić information content (AvgIpc) is 3.40. The van der Waals surface area contributed by atoms with Gasteiger partial charge >= 0.3 is 12.4 Å². The number of hydrogen-bond acceptors (Lipinski definition) is 6. The van der Waals surface area contributed by atoms with Crippen LogP contribution in [0, 0.1) is 11.3 Å². The molecule has 238 valence electrons. The number of carbonyl (C=O) groups is 1. The number of alkyl halides is 6. The summed E-state index contributed by atoms with van der Waals surface area (Å²) < 4.78 is 77.2. The summed E-state index contributed by atoms with van der Waals surface area (Å²) in [5.74, 6) is -0.402. The first-order valence-corrected chi connectivity index (χ1v) is 14.9. The first-order valence-electron chi connectivity index (χ1n) is 14.1. The summed E-state index contributed by atoms with van der Waals surface area (Å²) in [5, 5.41) is 12.1. The minimum absolute atomic E-state index is 0.262. The van der Waals surface area contributed by atoms with Crippen LogP contribution in [-0.4, -0.2) is 53.5 Å². The number of nitriles is 1. The molecule has 4 rings (SSSR count). The Labute approximate surface area is 260 Å². The van der Waals surface area contributed by atoms with Gasteiger partial charge in [-0.1, -0.05) is 24.3 Å². The Hall–Kier alpha value is -4.22. The first-order chi connectivity index (χ1) is 21.3. The van der Waals surface area contributed by atoms with E-state index in [1.54, 1.807) is 48.7 Å². The molecule has 1 heterocycles. The van der Waals surface area contributed by atoms with Crippen molar-refractivity contribution >= 4 is 34.2 Å². The van der Waals surface area contributed by atoms with Crippen LogP contribution in [0.15, 0.2) is 54.7 Å². The highest BCUT2D eigenvalue weighted by Gasteiger charge is 2.35. The standard InChI is InChI=1S/C31H30F6N6OS/c32-30(33,34)10-12-43(13-11-31(35,36)37)25-8-9-26-27(15-25)45-29(41-26)42-28(44)23-3-1-2-21(14-23)18-40-19-24(17-39)22-6-4-20(16-38)5-7-22/h1-7,14,17,19,25H,8-13,15,18,39H2,(H,41,42,44)/p+1/t25-/m0/s1. The van der Waals surface area contributed by atoms with Gasteiger partial charge in [0, 0.05) is 41.3 Å². The number of rotatable bonds is 11. The normalized spacial score (nSPS) is 15.7. The molecule has 0 saturated heterocycles. The highest BCUT2D eigenvalue weighted by atomic mass is 32.1. The van der Waals surface area contributed by atoms with E-state index in [1.165, 1.54) is 22.4 Å². The monoisotopic (exact) mass is 649 g/mol. The summed E-state index contributed by atoms with van der Waals surface area (Å²) in [6.45, 7) is -0.630. The van der Waals surface area contributed by atoms with Crippen LogP contribution in [0.5, 0.6) is 0 Å². The molecule has 1 atom stereocenters. The molecule has 14 heteroatoms. The van der Waals surface area contributed by atoms with Crippen molar-refractivity contribution in [3.8, 4) is 6.07 Å². The zero-order chi connectivity index (χ0) is 32.6. The maximum absolute atomic E-state index is 13.0. The Kier molecular flexibility index (Phi) is 11.0. The van der Waals surface area contributed by atoms with Crippen molar-refractivity contribution in [3.05, 3.63) is 87.6 Å². The second-order valence-corrected chi connectivity index (χ2v) is 11.6. The lowest BCUT2D eigenvalue weighted by Crippen LogP contribution is -2.67. The zero-order valence-electron chi connectivity index (χ0n) is 24.0. The van der Waals surface area contributed by atoms with Gasteiger partial charge in [0.15, 0.2) is 17.9 Å². The second kappa shape index (κ2) is 14.7. The van der Waals surface area contributed by atoms with Crippen molar-refractivity contribution in [2.75, 3.05) is 18.4 Å². The second-order valence-electron chi connectivity index (χ2n) is 10.5. The van der Waals surface area contributed by atoms with E-state index in [2.05, 4.69) is 21.4 Å². The van der Waals surface area contributed by atoms with E-state index >= 15 is 0 Å². The molecule has 2 aromatic carbocycles. The molecule has 0 aliphatic heterocycles. The molecule has 0 spiro atoms. The zero-order valence-corrected chi connectivity index (χ0v) is 24.8. The van der Waals surface area contributed by atoms with Crippen LogP contribution in [0.2, 0.25) is 0 Å². The number of hydrogen-bond donors (Lipinski definition) is 3. The Morgan fingerprint density at radius 1 is 1.09 bits per heavy atom. The average molecular weight is 650 g/mol. The fourth-order valence-electron chi connectivity index (χ4n) is 4.98. The predicted octanol–water partition coefficient (Wildman–Crippen LogP) is 4.98. The summed E-state index contributed by atoms with van der Waals surface area (Å²) in [6, 6.07) is 15.5. The van der Waals surface area contributed by atoms with Gasteiger partial charge in [-0.3, -0.25) is 15.0 Å². The summed E-state index contributed by atoms with van der Waals surface area (Å²) >= 11 is 1.18. The molecule has 1 aliphatic carbocycles.